The van der Waals surface area contributed by atoms with E-state index in [4.69, 9.17) is 16.0 Å². The lowest BCUT2D eigenvalue weighted by atomic mass is 10.1. The van der Waals surface area contributed by atoms with E-state index >= 15 is 0 Å². The van der Waals surface area contributed by atoms with Crippen molar-refractivity contribution in [3.63, 3.8) is 0 Å². The predicted molar refractivity (Wildman–Crippen MR) is 73.7 cm³/mol. The van der Waals surface area contributed by atoms with Crippen LogP contribution in [0.25, 0.3) is 21.6 Å². The smallest absolute Gasteiger partial charge is 0.280 e. The molecule has 122 valence electrons. The monoisotopic (exact) mass is 324 g/mol. The summed E-state index contributed by atoms with van der Waals surface area (Å²) in [6, 6.07) is 0. The lowest BCUT2D eigenvalue weighted by Crippen LogP contribution is -2.44. The molecule has 3 heterocycles. The number of aliphatic hydroxyl groups is 3. The van der Waals surface area contributed by atoms with Gasteiger partial charge >= 0.3 is 0 Å². The van der Waals surface area contributed by atoms with Crippen LogP contribution in [0.2, 0.25) is 0 Å². The standard InChI is InChI=1S/C10H12N8O5/c11-9-14-6-3(7(22)15-9)13-2-18(6)8-4(20)5(21)10(1-19,23-8)16-17-12/h2,4-5,8,19-21H,1H2,(H3,11,14,15,22)/t4-,5+,8-,10-/m1/s1. The van der Waals surface area contributed by atoms with Crippen LogP contribution in [0.1, 0.15) is 6.23 Å². The van der Waals surface area contributed by atoms with Crippen molar-refractivity contribution in [1.82, 2.24) is 19.5 Å². The Labute approximate surface area is 126 Å². The van der Waals surface area contributed by atoms with Crippen LogP contribution in [-0.2, 0) is 4.74 Å². The van der Waals surface area contributed by atoms with Gasteiger partial charge in [0.25, 0.3) is 5.56 Å². The van der Waals surface area contributed by atoms with Gasteiger partial charge < -0.3 is 25.8 Å². The highest BCUT2D eigenvalue weighted by Gasteiger charge is 2.55. The minimum Gasteiger partial charge on any atom is -0.393 e. The molecular formula is C10H12N8O5. The van der Waals surface area contributed by atoms with E-state index < -0.39 is 36.3 Å². The first kappa shape index (κ1) is 15.2. The molecule has 1 fully saturated rings. The Morgan fingerprint density at radius 3 is 3.00 bits per heavy atom. The highest BCUT2D eigenvalue weighted by atomic mass is 16.6. The fourth-order valence-corrected chi connectivity index (χ4v) is 2.44. The molecule has 0 radical (unpaired) electrons. The van der Waals surface area contributed by atoms with Crippen molar-refractivity contribution in [2.75, 3.05) is 12.3 Å². The van der Waals surface area contributed by atoms with Gasteiger partial charge in [0.15, 0.2) is 17.4 Å². The first-order chi connectivity index (χ1) is 10.9. The van der Waals surface area contributed by atoms with Crippen LogP contribution in [-0.4, -0.2) is 59.4 Å². The summed E-state index contributed by atoms with van der Waals surface area (Å²) >= 11 is 0. The van der Waals surface area contributed by atoms with E-state index in [1.54, 1.807) is 0 Å². The van der Waals surface area contributed by atoms with Crippen molar-refractivity contribution >= 4 is 17.1 Å². The molecule has 0 amide bonds. The Morgan fingerprint density at radius 1 is 1.61 bits per heavy atom. The van der Waals surface area contributed by atoms with Gasteiger partial charge in [-0.3, -0.25) is 14.3 Å². The zero-order valence-corrected chi connectivity index (χ0v) is 11.4. The molecule has 1 aliphatic heterocycles. The third-order valence-corrected chi connectivity index (χ3v) is 3.57. The molecule has 1 aliphatic rings. The number of nitrogens with two attached hydrogens (primary N) is 1. The molecule has 13 heteroatoms. The largest absolute Gasteiger partial charge is 0.393 e. The predicted octanol–water partition coefficient (Wildman–Crippen LogP) is -2.05. The fraction of sp³-hybridized carbons (Fsp3) is 0.500. The second-order valence-corrected chi connectivity index (χ2v) is 4.91. The van der Waals surface area contributed by atoms with E-state index in [1.165, 1.54) is 0 Å². The summed E-state index contributed by atoms with van der Waals surface area (Å²) in [6.07, 6.45) is -3.44. The number of H-pyrrole nitrogens is 1. The van der Waals surface area contributed by atoms with E-state index in [0.717, 1.165) is 10.9 Å². The topological polar surface area (TPSA) is 208 Å². The fourth-order valence-electron chi connectivity index (χ4n) is 2.44. The molecule has 3 rings (SSSR count). The minimum absolute atomic E-state index is 0.00261. The third kappa shape index (κ3) is 2.11. The SMILES string of the molecule is [N-]=[N+]=N[C@]1(CO)O[C@@H](n2cnc3c(=O)[nH]c(N)nc32)[C@H](O)[C@@H]1O. The third-order valence-electron chi connectivity index (χ3n) is 3.57. The Morgan fingerprint density at radius 2 is 2.35 bits per heavy atom. The summed E-state index contributed by atoms with van der Waals surface area (Å²) in [5.74, 6) is -0.180. The highest BCUT2D eigenvalue weighted by molar-refractivity contribution is 5.70. The summed E-state index contributed by atoms with van der Waals surface area (Å²) in [7, 11) is 0. The number of imidazole rings is 1. The summed E-state index contributed by atoms with van der Waals surface area (Å²) in [5.41, 5.74) is 11.3. The normalized spacial score (nSPS) is 30.5. The van der Waals surface area contributed by atoms with Crippen molar-refractivity contribution in [3.8, 4) is 0 Å². The van der Waals surface area contributed by atoms with Gasteiger partial charge in [0.05, 0.1) is 12.9 Å². The molecular weight excluding hydrogens is 312 g/mol. The first-order valence-corrected chi connectivity index (χ1v) is 6.37. The molecule has 0 aromatic carbocycles. The molecule has 4 atom stereocenters. The van der Waals surface area contributed by atoms with E-state index in [2.05, 4.69) is 25.0 Å². The zero-order chi connectivity index (χ0) is 16.8. The summed E-state index contributed by atoms with van der Waals surface area (Å²) < 4.78 is 6.51. The van der Waals surface area contributed by atoms with Gasteiger partial charge in [-0.15, -0.1) is 0 Å². The number of aliphatic hydroxyl groups excluding tert-OH is 3. The molecule has 0 spiro atoms. The highest BCUT2D eigenvalue weighted by Crippen LogP contribution is 2.38. The quantitative estimate of drug-likeness (QED) is 0.240. The zero-order valence-electron chi connectivity index (χ0n) is 11.4. The number of fused-ring (bicyclic) bond motifs is 1. The number of ether oxygens (including phenoxy) is 1. The molecule has 0 unspecified atom stereocenters. The van der Waals surface area contributed by atoms with Gasteiger partial charge in [-0.2, -0.15) is 4.98 Å². The molecule has 13 nitrogen and oxygen atoms in total. The number of aromatic nitrogens is 4. The lowest BCUT2D eigenvalue weighted by molar-refractivity contribution is -0.123. The molecule has 2 aromatic heterocycles. The van der Waals surface area contributed by atoms with Gasteiger partial charge in [-0.1, -0.05) is 5.11 Å². The second kappa shape index (κ2) is 5.19. The molecule has 6 N–H and O–H groups in total. The number of nitrogens with zero attached hydrogens (tertiary/aromatic N) is 6. The van der Waals surface area contributed by atoms with Gasteiger partial charge in [-0.05, 0) is 5.53 Å². The summed E-state index contributed by atoms with van der Waals surface area (Å²) in [5, 5.41) is 32.8. The average Bonchev–Trinajstić information content (AvgIpc) is 3.03. The Balaban J connectivity index is 2.13. The Hall–Kier alpha value is -2.70. The van der Waals surface area contributed by atoms with Crippen LogP contribution in [0.15, 0.2) is 16.2 Å². The number of hydrogen-bond donors (Lipinski definition) is 5. The number of nitrogens with one attached hydrogen (secondary N) is 1. The second-order valence-electron chi connectivity index (χ2n) is 4.91. The van der Waals surface area contributed by atoms with Crippen molar-refractivity contribution < 1.29 is 20.1 Å². The van der Waals surface area contributed by atoms with Gasteiger partial charge in [0.2, 0.25) is 11.7 Å². The van der Waals surface area contributed by atoms with Crippen LogP contribution in [0.4, 0.5) is 5.95 Å². The Bertz CT molecular complexity index is 857. The van der Waals surface area contributed by atoms with E-state index in [9.17, 15) is 20.1 Å². The van der Waals surface area contributed by atoms with Crippen LogP contribution in [0, 0.1) is 0 Å². The van der Waals surface area contributed by atoms with Crippen molar-refractivity contribution in [3.05, 3.63) is 27.1 Å². The average molecular weight is 324 g/mol. The molecule has 0 bridgehead atoms. The molecule has 1 saturated heterocycles. The van der Waals surface area contributed by atoms with Gasteiger partial charge in [-0.25, -0.2) is 4.98 Å². The van der Waals surface area contributed by atoms with E-state index in [1.807, 2.05) is 0 Å². The maximum Gasteiger partial charge on any atom is 0.280 e. The van der Waals surface area contributed by atoms with Crippen LogP contribution < -0.4 is 11.3 Å². The first-order valence-electron chi connectivity index (χ1n) is 6.37. The van der Waals surface area contributed by atoms with Gasteiger partial charge in [0.1, 0.15) is 12.2 Å². The molecule has 23 heavy (non-hydrogen) atoms. The lowest BCUT2D eigenvalue weighted by Gasteiger charge is -2.23. The molecule has 2 aromatic rings. The number of azide groups is 1. The van der Waals surface area contributed by atoms with Crippen LogP contribution in [0.5, 0.6) is 0 Å². The Kier molecular flexibility index (Phi) is 3.43. The minimum atomic E-state index is -2.07. The van der Waals surface area contributed by atoms with Crippen LogP contribution in [0.3, 0.4) is 0 Å². The van der Waals surface area contributed by atoms with Crippen LogP contribution >= 0.6 is 0 Å². The number of hydrogen-bond acceptors (Lipinski definition) is 9. The van der Waals surface area contributed by atoms with E-state index in [-0.39, 0.29) is 17.1 Å². The summed E-state index contributed by atoms with van der Waals surface area (Å²) in [4.78, 5) is 24.3. The maximum atomic E-state index is 11.7. The van der Waals surface area contributed by atoms with Crippen molar-refractivity contribution in [2.45, 2.75) is 24.2 Å². The maximum absolute atomic E-state index is 11.7. The van der Waals surface area contributed by atoms with Crippen molar-refractivity contribution in [1.29, 1.82) is 0 Å². The molecule has 0 aliphatic carbocycles. The summed E-state index contributed by atoms with van der Waals surface area (Å²) in [6.45, 7) is -0.867. The number of nitrogen functional groups attached to an aromatic ring is 1. The van der Waals surface area contributed by atoms with E-state index in [0.29, 0.717) is 0 Å². The number of rotatable bonds is 3. The van der Waals surface area contributed by atoms with Gasteiger partial charge in [0, 0.05) is 4.91 Å². The molecule has 0 saturated carbocycles. The number of aromatic amines is 1. The number of anilines is 1. The van der Waals surface area contributed by atoms with Crippen molar-refractivity contribution in [2.24, 2.45) is 5.11 Å².